The number of aryl methyl sites for hydroxylation is 3. The molecule has 0 atom stereocenters. The summed E-state index contributed by atoms with van der Waals surface area (Å²) in [5.74, 6) is 0.869. The van der Waals surface area contributed by atoms with Gasteiger partial charge >= 0.3 is 0 Å². The molecule has 3 aromatic rings. The Hall–Kier alpha value is -2.38. The van der Waals surface area contributed by atoms with Crippen molar-refractivity contribution in [2.24, 2.45) is 0 Å². The molecule has 3 aromatic heterocycles. The summed E-state index contributed by atoms with van der Waals surface area (Å²) < 4.78 is 0. The van der Waals surface area contributed by atoms with Crippen LogP contribution >= 0.6 is 11.3 Å². The number of aromatic nitrogens is 3. The molecule has 6 nitrogen and oxygen atoms in total. The van der Waals surface area contributed by atoms with E-state index in [2.05, 4.69) is 19.9 Å². The van der Waals surface area contributed by atoms with E-state index in [0.29, 0.717) is 0 Å². The lowest BCUT2D eigenvalue weighted by atomic mass is 10.1. The molecule has 4 rings (SSSR count). The highest BCUT2D eigenvalue weighted by atomic mass is 32.1. The molecule has 1 aliphatic heterocycles. The van der Waals surface area contributed by atoms with Crippen molar-refractivity contribution in [3.05, 3.63) is 52.0 Å². The number of hydrogen-bond donors (Lipinski definition) is 0. The Morgan fingerprint density at radius 2 is 1.89 bits per heavy atom. The minimum atomic E-state index is 0.116. The molecule has 0 unspecified atom stereocenters. The van der Waals surface area contributed by atoms with E-state index >= 15 is 0 Å². The number of hydrogen-bond acceptors (Lipinski definition) is 6. The molecular formula is C20H23N5OS. The van der Waals surface area contributed by atoms with Crippen LogP contribution in [0.5, 0.6) is 0 Å². The zero-order valence-corrected chi connectivity index (χ0v) is 16.7. The first-order valence-corrected chi connectivity index (χ1v) is 10.0. The molecule has 0 aromatic carbocycles. The number of carbonyl (C=O) groups excluding carboxylic acids is 1. The van der Waals surface area contributed by atoms with Gasteiger partial charge in [-0.15, -0.1) is 11.3 Å². The monoisotopic (exact) mass is 381 g/mol. The Morgan fingerprint density at radius 3 is 2.59 bits per heavy atom. The van der Waals surface area contributed by atoms with Crippen LogP contribution in [-0.4, -0.2) is 56.8 Å². The standard InChI is InChI=1S/C20H23N5OS/c1-13-17-14(2)22-15(3)23-19(17)27-18(13)20(26)25-10-8-24(9-11-25)12-16-6-4-5-7-21-16/h4-7H,8-12H2,1-3H3. The van der Waals surface area contributed by atoms with Crippen LogP contribution in [0, 0.1) is 20.8 Å². The van der Waals surface area contributed by atoms with Crippen molar-refractivity contribution in [3.63, 3.8) is 0 Å². The summed E-state index contributed by atoms with van der Waals surface area (Å²) in [5.41, 5.74) is 3.03. The van der Waals surface area contributed by atoms with Gasteiger partial charge in [0.25, 0.3) is 5.91 Å². The smallest absolute Gasteiger partial charge is 0.264 e. The fourth-order valence-corrected chi connectivity index (χ4v) is 4.90. The number of amides is 1. The van der Waals surface area contributed by atoms with E-state index in [1.807, 2.05) is 50.1 Å². The molecule has 0 N–H and O–H groups in total. The SMILES string of the molecule is Cc1nc(C)c2c(C)c(C(=O)N3CCN(Cc4ccccn4)CC3)sc2n1. The van der Waals surface area contributed by atoms with E-state index in [1.54, 1.807) is 0 Å². The molecule has 7 heteroatoms. The number of thiophene rings is 1. The predicted octanol–water partition coefficient (Wildman–Crippen LogP) is 2.97. The molecular weight excluding hydrogens is 358 g/mol. The number of pyridine rings is 1. The Morgan fingerprint density at radius 1 is 1.11 bits per heavy atom. The summed E-state index contributed by atoms with van der Waals surface area (Å²) in [6, 6.07) is 5.99. The highest BCUT2D eigenvalue weighted by molar-refractivity contribution is 7.20. The molecule has 1 aliphatic rings. The summed E-state index contributed by atoms with van der Waals surface area (Å²) in [5, 5.41) is 1.03. The fourth-order valence-electron chi connectivity index (χ4n) is 3.65. The second kappa shape index (κ2) is 7.32. The van der Waals surface area contributed by atoms with E-state index in [0.717, 1.165) is 70.6 Å². The Bertz CT molecular complexity index is 977. The van der Waals surface area contributed by atoms with Crippen LogP contribution in [0.1, 0.15) is 32.4 Å². The third-order valence-electron chi connectivity index (χ3n) is 5.05. The summed E-state index contributed by atoms with van der Waals surface area (Å²) in [6.07, 6.45) is 1.83. The van der Waals surface area contributed by atoms with E-state index in [4.69, 9.17) is 0 Å². The number of fused-ring (bicyclic) bond motifs is 1. The lowest BCUT2D eigenvalue weighted by molar-refractivity contribution is 0.0631. The quantitative estimate of drug-likeness (QED) is 0.698. The Labute approximate surface area is 162 Å². The molecule has 1 saturated heterocycles. The van der Waals surface area contributed by atoms with Crippen LogP contribution in [0.15, 0.2) is 24.4 Å². The first-order valence-electron chi connectivity index (χ1n) is 9.19. The summed E-state index contributed by atoms with van der Waals surface area (Å²) >= 11 is 1.49. The average Bonchev–Trinajstić information content (AvgIpc) is 2.99. The van der Waals surface area contributed by atoms with Gasteiger partial charge in [0, 0.05) is 50.0 Å². The van der Waals surface area contributed by atoms with Gasteiger partial charge in [-0.1, -0.05) is 6.07 Å². The van der Waals surface area contributed by atoms with Gasteiger partial charge in [-0.05, 0) is 38.5 Å². The molecule has 1 amide bonds. The van der Waals surface area contributed by atoms with Gasteiger partial charge in [0.05, 0.1) is 10.6 Å². The van der Waals surface area contributed by atoms with Crippen LogP contribution in [0.2, 0.25) is 0 Å². The molecule has 4 heterocycles. The molecule has 0 saturated carbocycles. The van der Waals surface area contributed by atoms with Crippen LogP contribution in [0.3, 0.4) is 0 Å². The molecule has 0 spiro atoms. The van der Waals surface area contributed by atoms with Crippen molar-refractivity contribution < 1.29 is 4.79 Å². The van der Waals surface area contributed by atoms with Gasteiger partial charge < -0.3 is 4.90 Å². The van der Waals surface area contributed by atoms with Gasteiger partial charge in [-0.2, -0.15) is 0 Å². The van der Waals surface area contributed by atoms with E-state index in [1.165, 1.54) is 11.3 Å². The van der Waals surface area contributed by atoms with Crippen molar-refractivity contribution in [1.29, 1.82) is 0 Å². The van der Waals surface area contributed by atoms with Crippen LogP contribution in [0.25, 0.3) is 10.2 Å². The van der Waals surface area contributed by atoms with Gasteiger partial charge in [0.2, 0.25) is 0 Å². The summed E-state index contributed by atoms with van der Waals surface area (Å²) in [6.45, 7) is 9.93. The zero-order valence-electron chi connectivity index (χ0n) is 15.9. The highest BCUT2D eigenvalue weighted by Gasteiger charge is 2.26. The minimum Gasteiger partial charge on any atom is -0.335 e. The van der Waals surface area contributed by atoms with E-state index in [-0.39, 0.29) is 5.91 Å². The van der Waals surface area contributed by atoms with Crippen molar-refractivity contribution >= 4 is 27.5 Å². The summed E-state index contributed by atoms with van der Waals surface area (Å²) in [4.78, 5) is 32.5. The number of piperazine rings is 1. The van der Waals surface area contributed by atoms with Crippen LogP contribution in [-0.2, 0) is 6.54 Å². The fraction of sp³-hybridized carbons (Fsp3) is 0.400. The molecule has 27 heavy (non-hydrogen) atoms. The lowest BCUT2D eigenvalue weighted by Gasteiger charge is -2.34. The first-order chi connectivity index (χ1) is 13.0. The van der Waals surface area contributed by atoms with Crippen LogP contribution in [0.4, 0.5) is 0 Å². The van der Waals surface area contributed by atoms with Gasteiger partial charge in [-0.3, -0.25) is 14.7 Å². The van der Waals surface area contributed by atoms with E-state index in [9.17, 15) is 4.79 Å². The maximum absolute atomic E-state index is 13.1. The number of carbonyl (C=O) groups is 1. The second-order valence-corrected chi connectivity index (χ2v) is 7.98. The molecule has 1 fully saturated rings. The molecule has 140 valence electrons. The van der Waals surface area contributed by atoms with Crippen LogP contribution < -0.4 is 0 Å². The molecule has 0 radical (unpaired) electrons. The first kappa shape index (κ1) is 18.0. The third-order valence-corrected chi connectivity index (χ3v) is 6.22. The number of nitrogens with zero attached hydrogens (tertiary/aromatic N) is 5. The van der Waals surface area contributed by atoms with Gasteiger partial charge in [-0.25, -0.2) is 9.97 Å². The Kier molecular flexibility index (Phi) is 4.88. The third kappa shape index (κ3) is 3.57. The molecule has 0 bridgehead atoms. The normalized spacial score (nSPS) is 15.4. The minimum absolute atomic E-state index is 0.116. The van der Waals surface area contributed by atoms with Gasteiger partial charge in [0.15, 0.2) is 0 Å². The van der Waals surface area contributed by atoms with Crippen molar-refractivity contribution in [2.75, 3.05) is 26.2 Å². The van der Waals surface area contributed by atoms with Gasteiger partial charge in [0.1, 0.15) is 10.7 Å². The summed E-state index contributed by atoms with van der Waals surface area (Å²) in [7, 11) is 0. The largest absolute Gasteiger partial charge is 0.335 e. The van der Waals surface area contributed by atoms with E-state index < -0.39 is 0 Å². The van der Waals surface area contributed by atoms with Crippen molar-refractivity contribution in [1.82, 2.24) is 24.8 Å². The van der Waals surface area contributed by atoms with Crippen molar-refractivity contribution in [2.45, 2.75) is 27.3 Å². The number of rotatable bonds is 3. The maximum atomic E-state index is 13.1. The highest BCUT2D eigenvalue weighted by Crippen LogP contribution is 2.32. The second-order valence-electron chi connectivity index (χ2n) is 6.98. The Balaban J connectivity index is 1.47. The lowest BCUT2D eigenvalue weighted by Crippen LogP contribution is -2.48. The maximum Gasteiger partial charge on any atom is 0.264 e. The molecule has 0 aliphatic carbocycles. The van der Waals surface area contributed by atoms with Crippen molar-refractivity contribution in [3.8, 4) is 0 Å². The average molecular weight is 382 g/mol. The topological polar surface area (TPSA) is 62.2 Å². The zero-order chi connectivity index (χ0) is 19.0. The predicted molar refractivity (Wildman–Crippen MR) is 107 cm³/mol.